The number of rotatable bonds is 3. The molecule has 1 unspecified atom stereocenters. The normalized spacial score (nSPS) is 11.8. The van der Waals surface area contributed by atoms with Gasteiger partial charge in [-0.25, -0.2) is 4.98 Å². The molecule has 0 radical (unpaired) electrons. The van der Waals surface area contributed by atoms with Crippen LogP contribution >= 0.6 is 11.3 Å². The maximum atomic E-state index is 8.86. The van der Waals surface area contributed by atoms with E-state index >= 15 is 0 Å². The topological polar surface area (TPSA) is 48.7 Å². The number of nitrogens with zero attached hydrogens (tertiary/aromatic N) is 2. The van der Waals surface area contributed by atoms with Crippen LogP contribution in [-0.2, 0) is 0 Å². The first kappa shape index (κ1) is 11.6. The Labute approximate surface area is 105 Å². The molecule has 86 valence electrons. The predicted molar refractivity (Wildman–Crippen MR) is 70.0 cm³/mol. The largest absolute Gasteiger partial charge is 0.376 e. The van der Waals surface area contributed by atoms with Crippen molar-refractivity contribution < 1.29 is 0 Å². The third-order valence-corrected chi connectivity index (χ3v) is 3.51. The molecule has 1 aromatic carbocycles. The van der Waals surface area contributed by atoms with Gasteiger partial charge in [0.05, 0.1) is 17.7 Å². The number of nitriles is 1. The molecular weight excluding hydrogens is 230 g/mol. The van der Waals surface area contributed by atoms with Gasteiger partial charge in [0, 0.05) is 17.3 Å². The van der Waals surface area contributed by atoms with Crippen LogP contribution in [0.15, 0.2) is 29.8 Å². The first-order valence-electron chi connectivity index (χ1n) is 5.37. The van der Waals surface area contributed by atoms with Crippen LogP contribution < -0.4 is 5.32 Å². The Morgan fingerprint density at radius 3 is 2.88 bits per heavy atom. The van der Waals surface area contributed by atoms with Crippen molar-refractivity contribution in [3.63, 3.8) is 0 Å². The summed E-state index contributed by atoms with van der Waals surface area (Å²) < 4.78 is 0. The second-order valence-electron chi connectivity index (χ2n) is 3.88. The molecule has 4 heteroatoms. The summed E-state index contributed by atoms with van der Waals surface area (Å²) >= 11 is 1.64. The lowest BCUT2D eigenvalue weighted by Gasteiger charge is -2.13. The van der Waals surface area contributed by atoms with Crippen LogP contribution in [0.2, 0.25) is 0 Å². The monoisotopic (exact) mass is 243 g/mol. The average molecular weight is 243 g/mol. The number of aryl methyl sites for hydroxylation is 1. The van der Waals surface area contributed by atoms with Crippen molar-refractivity contribution in [1.29, 1.82) is 5.26 Å². The van der Waals surface area contributed by atoms with E-state index in [9.17, 15) is 0 Å². The van der Waals surface area contributed by atoms with Crippen LogP contribution in [0, 0.1) is 18.3 Å². The first-order valence-corrected chi connectivity index (χ1v) is 6.25. The van der Waals surface area contributed by atoms with Crippen LogP contribution in [0.25, 0.3) is 0 Å². The van der Waals surface area contributed by atoms with Crippen LogP contribution in [0.3, 0.4) is 0 Å². The summed E-state index contributed by atoms with van der Waals surface area (Å²) in [5, 5.41) is 15.3. The second-order valence-corrected chi connectivity index (χ2v) is 4.80. The van der Waals surface area contributed by atoms with E-state index in [0.29, 0.717) is 0 Å². The Balaban J connectivity index is 2.15. The van der Waals surface area contributed by atoms with Crippen molar-refractivity contribution in [1.82, 2.24) is 4.98 Å². The standard InChI is InChI=1S/C13H13N3S/c1-9-7-12(4-3-11(9)8-14)16-10(2)13-15-5-6-17-13/h3-7,10,16H,1-2H3. The highest BCUT2D eigenvalue weighted by atomic mass is 32.1. The van der Waals surface area contributed by atoms with E-state index in [1.807, 2.05) is 36.7 Å². The van der Waals surface area contributed by atoms with E-state index in [1.165, 1.54) is 0 Å². The van der Waals surface area contributed by atoms with Gasteiger partial charge >= 0.3 is 0 Å². The number of benzene rings is 1. The minimum atomic E-state index is 0.183. The molecule has 2 rings (SSSR count). The van der Waals surface area contributed by atoms with Crippen LogP contribution in [-0.4, -0.2) is 4.98 Å². The summed E-state index contributed by atoms with van der Waals surface area (Å²) in [4.78, 5) is 4.27. The summed E-state index contributed by atoms with van der Waals surface area (Å²) in [6.07, 6.45) is 1.81. The molecule has 0 bridgehead atoms. The minimum Gasteiger partial charge on any atom is -0.376 e. The molecule has 0 aliphatic carbocycles. The number of hydrogen-bond acceptors (Lipinski definition) is 4. The summed E-state index contributed by atoms with van der Waals surface area (Å²) in [7, 11) is 0. The molecule has 0 aliphatic heterocycles. The quantitative estimate of drug-likeness (QED) is 0.897. The third-order valence-electron chi connectivity index (χ3n) is 2.55. The molecule has 0 spiro atoms. The Morgan fingerprint density at radius 1 is 1.47 bits per heavy atom. The number of aromatic nitrogens is 1. The molecule has 1 heterocycles. The maximum Gasteiger partial charge on any atom is 0.115 e. The summed E-state index contributed by atoms with van der Waals surface area (Å²) in [6.45, 7) is 4.02. The lowest BCUT2D eigenvalue weighted by atomic mass is 10.1. The number of thiazole rings is 1. The number of nitrogens with one attached hydrogen (secondary N) is 1. The molecule has 0 saturated carbocycles. The van der Waals surface area contributed by atoms with Gasteiger partial charge in [-0.15, -0.1) is 11.3 Å². The number of hydrogen-bond donors (Lipinski definition) is 1. The van der Waals surface area contributed by atoms with E-state index in [0.717, 1.165) is 21.8 Å². The van der Waals surface area contributed by atoms with Crippen molar-refractivity contribution in [2.45, 2.75) is 19.9 Å². The molecule has 1 N–H and O–H groups in total. The lowest BCUT2D eigenvalue weighted by Crippen LogP contribution is -2.06. The molecule has 2 aromatic rings. The highest BCUT2D eigenvalue weighted by Gasteiger charge is 2.08. The summed E-state index contributed by atoms with van der Waals surface area (Å²) in [5.41, 5.74) is 2.73. The Morgan fingerprint density at radius 2 is 2.29 bits per heavy atom. The zero-order chi connectivity index (χ0) is 12.3. The molecule has 0 amide bonds. The zero-order valence-electron chi connectivity index (χ0n) is 9.77. The Kier molecular flexibility index (Phi) is 3.40. The molecule has 0 aliphatic rings. The average Bonchev–Trinajstić information content (AvgIpc) is 2.82. The Bertz CT molecular complexity index is 540. The van der Waals surface area contributed by atoms with Crippen molar-refractivity contribution in [3.05, 3.63) is 45.9 Å². The summed E-state index contributed by atoms with van der Waals surface area (Å²) in [6, 6.07) is 8.10. The van der Waals surface area contributed by atoms with E-state index in [-0.39, 0.29) is 6.04 Å². The van der Waals surface area contributed by atoms with Gasteiger partial charge in [0.15, 0.2) is 0 Å². The van der Waals surface area contributed by atoms with Crippen molar-refractivity contribution in [3.8, 4) is 6.07 Å². The molecule has 3 nitrogen and oxygen atoms in total. The molecule has 1 atom stereocenters. The zero-order valence-corrected chi connectivity index (χ0v) is 10.6. The van der Waals surface area contributed by atoms with Crippen molar-refractivity contribution in [2.24, 2.45) is 0 Å². The van der Waals surface area contributed by atoms with Crippen molar-refractivity contribution in [2.75, 3.05) is 5.32 Å². The van der Waals surface area contributed by atoms with Gasteiger partial charge in [0.2, 0.25) is 0 Å². The van der Waals surface area contributed by atoms with Gasteiger partial charge in [-0.1, -0.05) is 0 Å². The fraction of sp³-hybridized carbons (Fsp3) is 0.231. The highest BCUT2D eigenvalue weighted by Crippen LogP contribution is 2.22. The van der Waals surface area contributed by atoms with Gasteiger partial charge in [-0.3, -0.25) is 0 Å². The number of anilines is 1. The van der Waals surface area contributed by atoms with Gasteiger partial charge in [-0.05, 0) is 37.6 Å². The smallest absolute Gasteiger partial charge is 0.115 e. The van der Waals surface area contributed by atoms with E-state index in [1.54, 1.807) is 11.3 Å². The predicted octanol–water partition coefficient (Wildman–Crippen LogP) is 3.50. The SMILES string of the molecule is Cc1cc(NC(C)c2nccs2)ccc1C#N. The fourth-order valence-electron chi connectivity index (χ4n) is 1.64. The fourth-order valence-corrected chi connectivity index (χ4v) is 2.28. The first-order chi connectivity index (χ1) is 8.20. The van der Waals surface area contributed by atoms with Crippen LogP contribution in [0.5, 0.6) is 0 Å². The molecule has 17 heavy (non-hydrogen) atoms. The van der Waals surface area contributed by atoms with E-state index in [2.05, 4.69) is 23.3 Å². The van der Waals surface area contributed by atoms with Crippen LogP contribution in [0.1, 0.15) is 29.1 Å². The van der Waals surface area contributed by atoms with Gasteiger partial charge in [0.25, 0.3) is 0 Å². The van der Waals surface area contributed by atoms with Crippen molar-refractivity contribution >= 4 is 17.0 Å². The molecule has 0 saturated heterocycles. The van der Waals surface area contributed by atoms with Gasteiger partial charge in [-0.2, -0.15) is 5.26 Å². The maximum absolute atomic E-state index is 8.86. The Hall–Kier alpha value is -1.86. The lowest BCUT2D eigenvalue weighted by molar-refractivity contribution is 0.869. The molecular formula is C13H13N3S. The summed E-state index contributed by atoms with van der Waals surface area (Å²) in [5.74, 6) is 0. The van der Waals surface area contributed by atoms with Crippen LogP contribution in [0.4, 0.5) is 5.69 Å². The van der Waals surface area contributed by atoms with E-state index < -0.39 is 0 Å². The molecule has 1 aromatic heterocycles. The third kappa shape index (κ3) is 2.63. The highest BCUT2D eigenvalue weighted by molar-refractivity contribution is 7.09. The van der Waals surface area contributed by atoms with Gasteiger partial charge in [0.1, 0.15) is 5.01 Å². The molecule has 0 fully saturated rings. The second kappa shape index (κ2) is 4.98. The van der Waals surface area contributed by atoms with E-state index in [4.69, 9.17) is 5.26 Å². The van der Waals surface area contributed by atoms with Gasteiger partial charge < -0.3 is 5.32 Å². The minimum absolute atomic E-state index is 0.183.